The van der Waals surface area contributed by atoms with E-state index in [1.165, 1.54) is 0 Å². The predicted octanol–water partition coefficient (Wildman–Crippen LogP) is 3.62. The number of nitrogens with one attached hydrogen (secondary N) is 1. The number of aryl methyl sites for hydroxylation is 1. The first-order chi connectivity index (χ1) is 9.94. The number of anilines is 1. The summed E-state index contributed by atoms with van der Waals surface area (Å²) in [6.07, 6.45) is 0.992. The van der Waals surface area contributed by atoms with Crippen LogP contribution in [-0.4, -0.2) is 42.6 Å². The van der Waals surface area contributed by atoms with E-state index in [4.69, 9.17) is 4.74 Å². The second-order valence-electron chi connectivity index (χ2n) is 5.78. The van der Waals surface area contributed by atoms with Gasteiger partial charge >= 0.3 is 0 Å². The molecule has 2 atom stereocenters. The minimum absolute atomic E-state index is 0. The summed E-state index contributed by atoms with van der Waals surface area (Å²) in [7, 11) is 0. The normalized spacial score (nSPS) is 22.0. The van der Waals surface area contributed by atoms with Gasteiger partial charge in [-0.25, -0.2) is 0 Å². The third kappa shape index (κ3) is 5.88. The molecule has 0 aliphatic carbocycles. The Balaban J connectivity index is 0.00000242. The zero-order valence-electron chi connectivity index (χ0n) is 13.3. The summed E-state index contributed by atoms with van der Waals surface area (Å²) in [6.45, 7) is 8.74. The third-order valence-corrected chi connectivity index (χ3v) is 4.48. The maximum Gasteiger partial charge on any atom is 0.225 e. The maximum absolute atomic E-state index is 12.0. The number of carbonyl (C=O) groups excluding carboxylic acids is 1. The molecule has 1 aliphatic heterocycles. The molecular weight excluding hydrogens is 368 g/mol. The van der Waals surface area contributed by atoms with Crippen molar-refractivity contribution in [3.63, 3.8) is 0 Å². The van der Waals surface area contributed by atoms with Crippen LogP contribution in [0.3, 0.4) is 0 Å². The van der Waals surface area contributed by atoms with Crippen LogP contribution in [0.1, 0.15) is 25.8 Å². The highest BCUT2D eigenvalue weighted by Crippen LogP contribution is 2.20. The van der Waals surface area contributed by atoms with E-state index in [1.54, 1.807) is 0 Å². The Bertz CT molecular complexity index is 503. The molecule has 1 fully saturated rings. The lowest BCUT2D eigenvalue weighted by Crippen LogP contribution is -2.46. The van der Waals surface area contributed by atoms with Gasteiger partial charge in [-0.3, -0.25) is 9.69 Å². The molecule has 1 amide bonds. The van der Waals surface area contributed by atoms with Gasteiger partial charge < -0.3 is 10.1 Å². The summed E-state index contributed by atoms with van der Waals surface area (Å²) >= 11 is 3.46. The van der Waals surface area contributed by atoms with Crippen LogP contribution in [0.25, 0.3) is 0 Å². The molecule has 0 saturated carbocycles. The van der Waals surface area contributed by atoms with E-state index < -0.39 is 0 Å². The van der Waals surface area contributed by atoms with Crippen molar-refractivity contribution in [3.8, 4) is 0 Å². The number of benzene rings is 1. The topological polar surface area (TPSA) is 41.6 Å². The molecule has 2 rings (SSSR count). The Hall–Kier alpha value is -0.620. The fraction of sp³-hybridized carbons (Fsp3) is 0.562. The van der Waals surface area contributed by atoms with Crippen molar-refractivity contribution >= 4 is 39.9 Å². The number of carbonyl (C=O) groups is 1. The van der Waals surface area contributed by atoms with Crippen molar-refractivity contribution in [2.45, 2.75) is 39.4 Å². The third-order valence-electron chi connectivity index (χ3n) is 3.59. The Morgan fingerprint density at radius 2 is 2.00 bits per heavy atom. The van der Waals surface area contributed by atoms with E-state index in [0.717, 1.165) is 35.4 Å². The fourth-order valence-corrected chi connectivity index (χ4v) is 2.92. The van der Waals surface area contributed by atoms with Gasteiger partial charge in [0, 0.05) is 36.2 Å². The predicted molar refractivity (Wildman–Crippen MR) is 95.8 cm³/mol. The van der Waals surface area contributed by atoms with Gasteiger partial charge in [0.1, 0.15) is 0 Å². The highest BCUT2D eigenvalue weighted by Gasteiger charge is 2.22. The van der Waals surface area contributed by atoms with Gasteiger partial charge in [0.2, 0.25) is 5.91 Å². The Morgan fingerprint density at radius 1 is 1.36 bits per heavy atom. The molecule has 22 heavy (non-hydrogen) atoms. The van der Waals surface area contributed by atoms with Crippen LogP contribution in [0, 0.1) is 6.92 Å². The van der Waals surface area contributed by atoms with Crippen molar-refractivity contribution in [3.05, 3.63) is 28.2 Å². The molecule has 1 aliphatic rings. The van der Waals surface area contributed by atoms with Crippen LogP contribution in [0.2, 0.25) is 0 Å². The van der Waals surface area contributed by atoms with Crippen LogP contribution >= 0.6 is 28.3 Å². The zero-order chi connectivity index (χ0) is 15.4. The number of halogens is 2. The van der Waals surface area contributed by atoms with Crippen LogP contribution in [0.5, 0.6) is 0 Å². The molecule has 1 N–H and O–H groups in total. The van der Waals surface area contributed by atoms with Crippen LogP contribution in [-0.2, 0) is 9.53 Å². The number of hydrogen-bond acceptors (Lipinski definition) is 3. The highest BCUT2D eigenvalue weighted by molar-refractivity contribution is 9.10. The van der Waals surface area contributed by atoms with Crippen molar-refractivity contribution in [2.24, 2.45) is 0 Å². The molecule has 1 aromatic carbocycles. The van der Waals surface area contributed by atoms with E-state index in [0.29, 0.717) is 6.42 Å². The van der Waals surface area contributed by atoms with E-state index in [1.807, 2.05) is 25.1 Å². The van der Waals surface area contributed by atoms with Crippen molar-refractivity contribution < 1.29 is 9.53 Å². The molecule has 1 saturated heterocycles. The van der Waals surface area contributed by atoms with Gasteiger partial charge in [-0.05, 0) is 44.5 Å². The van der Waals surface area contributed by atoms with Crippen LogP contribution < -0.4 is 5.32 Å². The van der Waals surface area contributed by atoms with E-state index in [2.05, 4.69) is 40.0 Å². The lowest BCUT2D eigenvalue weighted by Gasteiger charge is -2.35. The Labute approximate surface area is 147 Å². The number of rotatable bonds is 4. The lowest BCUT2D eigenvalue weighted by atomic mass is 10.2. The van der Waals surface area contributed by atoms with Crippen LogP contribution in [0.15, 0.2) is 22.7 Å². The number of amides is 1. The van der Waals surface area contributed by atoms with Crippen LogP contribution in [0.4, 0.5) is 5.69 Å². The summed E-state index contributed by atoms with van der Waals surface area (Å²) in [5.74, 6) is 0.0588. The first kappa shape index (κ1) is 19.4. The van der Waals surface area contributed by atoms with Gasteiger partial charge in [0.25, 0.3) is 0 Å². The van der Waals surface area contributed by atoms with E-state index >= 15 is 0 Å². The average molecular weight is 392 g/mol. The van der Waals surface area contributed by atoms with Crippen molar-refractivity contribution in [1.29, 1.82) is 0 Å². The standard InChI is InChI=1S/C16H23BrN2O2.ClH/c1-11-8-14(4-5-15(11)17)18-16(20)6-7-19-9-12(2)21-13(3)10-19;/h4-5,8,12-13H,6-7,9-10H2,1-3H3,(H,18,20);1H. The summed E-state index contributed by atoms with van der Waals surface area (Å²) < 4.78 is 6.75. The van der Waals surface area contributed by atoms with Gasteiger partial charge in [0.05, 0.1) is 12.2 Å². The highest BCUT2D eigenvalue weighted by atomic mass is 79.9. The number of hydrogen-bond donors (Lipinski definition) is 1. The molecule has 0 bridgehead atoms. The second-order valence-corrected chi connectivity index (χ2v) is 6.63. The molecule has 124 valence electrons. The van der Waals surface area contributed by atoms with Gasteiger partial charge in [-0.1, -0.05) is 15.9 Å². The van der Waals surface area contributed by atoms with Gasteiger partial charge in [-0.15, -0.1) is 12.4 Å². The zero-order valence-corrected chi connectivity index (χ0v) is 15.7. The minimum atomic E-state index is 0. The fourth-order valence-electron chi connectivity index (χ4n) is 2.67. The molecule has 2 unspecified atom stereocenters. The number of nitrogens with zero attached hydrogens (tertiary/aromatic N) is 1. The molecule has 6 heteroatoms. The largest absolute Gasteiger partial charge is 0.373 e. The first-order valence-electron chi connectivity index (χ1n) is 7.38. The second kappa shape index (κ2) is 8.87. The molecule has 1 aromatic rings. The molecule has 1 heterocycles. The molecular formula is C16H24BrClN2O2. The summed E-state index contributed by atoms with van der Waals surface area (Å²) in [4.78, 5) is 14.3. The monoisotopic (exact) mass is 390 g/mol. The van der Waals surface area contributed by atoms with Crippen molar-refractivity contribution in [1.82, 2.24) is 4.90 Å². The van der Waals surface area contributed by atoms with Gasteiger partial charge in [-0.2, -0.15) is 0 Å². The molecule has 0 spiro atoms. The van der Waals surface area contributed by atoms with E-state index in [9.17, 15) is 4.79 Å². The number of morpholine rings is 1. The molecule has 0 aromatic heterocycles. The Kier molecular flexibility index (Phi) is 7.83. The quantitative estimate of drug-likeness (QED) is 0.852. The summed E-state index contributed by atoms with van der Waals surface area (Å²) in [5, 5.41) is 2.95. The summed E-state index contributed by atoms with van der Waals surface area (Å²) in [5.41, 5.74) is 1.97. The number of ether oxygens (including phenoxy) is 1. The minimum Gasteiger partial charge on any atom is -0.373 e. The maximum atomic E-state index is 12.0. The summed E-state index contributed by atoms with van der Waals surface area (Å²) in [6, 6.07) is 5.84. The smallest absolute Gasteiger partial charge is 0.225 e. The molecule has 4 nitrogen and oxygen atoms in total. The van der Waals surface area contributed by atoms with Gasteiger partial charge in [0.15, 0.2) is 0 Å². The first-order valence-corrected chi connectivity index (χ1v) is 8.17. The Morgan fingerprint density at radius 3 is 2.59 bits per heavy atom. The average Bonchev–Trinajstić information content (AvgIpc) is 2.40. The lowest BCUT2D eigenvalue weighted by molar-refractivity contribution is -0.117. The molecule has 0 radical (unpaired) electrons. The SMILES string of the molecule is Cc1cc(NC(=O)CCN2CC(C)OC(C)C2)ccc1Br.Cl. The van der Waals surface area contributed by atoms with Crippen molar-refractivity contribution in [2.75, 3.05) is 25.0 Å². The van der Waals surface area contributed by atoms with E-state index in [-0.39, 0.29) is 30.5 Å².